The summed E-state index contributed by atoms with van der Waals surface area (Å²) in [7, 11) is 0. The first kappa shape index (κ1) is 10.3. The quantitative estimate of drug-likeness (QED) is 0.639. The topological polar surface area (TPSA) is 17.3 Å². The molecule has 0 atom stereocenters. The summed E-state index contributed by atoms with van der Waals surface area (Å²) < 4.78 is 14.7. The predicted molar refractivity (Wildman–Crippen MR) is 65.6 cm³/mol. The van der Waals surface area contributed by atoms with Gasteiger partial charge in [-0.1, -0.05) is 29.8 Å². The average molecular weight is 247 g/mol. The molecule has 0 saturated heterocycles. The molecule has 84 valence electrons. The summed E-state index contributed by atoms with van der Waals surface area (Å²) >= 11 is 6.09. The van der Waals surface area contributed by atoms with Crippen LogP contribution >= 0.6 is 11.6 Å². The number of fused-ring (bicyclic) bond motifs is 1. The highest BCUT2D eigenvalue weighted by atomic mass is 35.5. The van der Waals surface area contributed by atoms with Gasteiger partial charge < -0.3 is 4.40 Å². The first-order chi connectivity index (χ1) is 8.24. The van der Waals surface area contributed by atoms with Crippen molar-refractivity contribution in [2.75, 3.05) is 0 Å². The molecule has 1 aromatic carbocycles. The van der Waals surface area contributed by atoms with E-state index in [1.54, 1.807) is 16.7 Å². The molecule has 0 aliphatic carbocycles. The largest absolute Gasteiger partial charge is 0.304 e. The van der Waals surface area contributed by atoms with Crippen molar-refractivity contribution in [3.63, 3.8) is 0 Å². The van der Waals surface area contributed by atoms with Gasteiger partial charge in [0.15, 0.2) is 0 Å². The Labute approximate surface area is 102 Å². The second-order valence-electron chi connectivity index (χ2n) is 3.72. The van der Waals surface area contributed by atoms with Crippen LogP contribution in [-0.4, -0.2) is 9.38 Å². The molecule has 0 unspecified atom stereocenters. The Kier molecular flexibility index (Phi) is 2.34. The van der Waals surface area contributed by atoms with Crippen molar-refractivity contribution in [2.24, 2.45) is 0 Å². The van der Waals surface area contributed by atoms with Crippen molar-refractivity contribution < 1.29 is 4.39 Å². The van der Waals surface area contributed by atoms with Crippen LogP contribution in [0.5, 0.6) is 0 Å². The summed E-state index contributed by atoms with van der Waals surface area (Å²) in [5, 5.41) is 0.636. The minimum absolute atomic E-state index is 0.291. The maximum Gasteiger partial charge on any atom is 0.139 e. The van der Waals surface area contributed by atoms with E-state index in [0.29, 0.717) is 10.7 Å². The summed E-state index contributed by atoms with van der Waals surface area (Å²) in [6.45, 7) is 0. The molecule has 0 saturated carbocycles. The second kappa shape index (κ2) is 3.86. The van der Waals surface area contributed by atoms with Crippen LogP contribution in [0.25, 0.3) is 16.9 Å². The Hall–Kier alpha value is -1.87. The van der Waals surface area contributed by atoms with E-state index in [1.165, 1.54) is 12.3 Å². The zero-order chi connectivity index (χ0) is 11.8. The fourth-order valence-corrected chi connectivity index (χ4v) is 2.00. The van der Waals surface area contributed by atoms with Crippen molar-refractivity contribution in [3.8, 4) is 11.3 Å². The molecule has 2 nitrogen and oxygen atoms in total. The third-order valence-electron chi connectivity index (χ3n) is 2.56. The van der Waals surface area contributed by atoms with Crippen LogP contribution < -0.4 is 0 Å². The number of nitrogens with zero attached hydrogens (tertiary/aromatic N) is 2. The first-order valence-corrected chi connectivity index (χ1v) is 5.51. The van der Waals surface area contributed by atoms with Gasteiger partial charge in [0.1, 0.15) is 11.5 Å². The van der Waals surface area contributed by atoms with Gasteiger partial charge in [-0.05, 0) is 18.2 Å². The van der Waals surface area contributed by atoms with Crippen molar-refractivity contribution in [1.82, 2.24) is 9.38 Å². The van der Waals surface area contributed by atoms with Crippen LogP contribution in [0, 0.1) is 5.82 Å². The number of pyridine rings is 1. The number of hydrogen-bond donors (Lipinski definition) is 0. The molecule has 2 aromatic heterocycles. The van der Waals surface area contributed by atoms with E-state index < -0.39 is 0 Å². The number of halogens is 2. The summed E-state index contributed by atoms with van der Waals surface area (Å²) in [4.78, 5) is 4.40. The van der Waals surface area contributed by atoms with E-state index in [1.807, 2.05) is 24.3 Å². The lowest BCUT2D eigenvalue weighted by Gasteiger charge is -1.97. The van der Waals surface area contributed by atoms with Gasteiger partial charge in [-0.2, -0.15) is 0 Å². The highest BCUT2D eigenvalue weighted by Crippen LogP contribution is 2.26. The summed E-state index contributed by atoms with van der Waals surface area (Å²) in [5.74, 6) is -0.291. The minimum atomic E-state index is -0.291. The molecule has 3 rings (SSSR count). The smallest absolute Gasteiger partial charge is 0.139 e. The molecule has 0 spiro atoms. The summed E-state index contributed by atoms with van der Waals surface area (Å²) in [5.41, 5.74) is 2.28. The number of aromatic nitrogens is 2. The molecule has 0 radical (unpaired) electrons. The number of rotatable bonds is 1. The van der Waals surface area contributed by atoms with Gasteiger partial charge >= 0.3 is 0 Å². The maximum absolute atomic E-state index is 13.1. The van der Waals surface area contributed by atoms with E-state index in [9.17, 15) is 4.39 Å². The van der Waals surface area contributed by atoms with Crippen LogP contribution in [0.2, 0.25) is 5.02 Å². The lowest BCUT2D eigenvalue weighted by atomic mass is 10.2. The van der Waals surface area contributed by atoms with Crippen LogP contribution in [-0.2, 0) is 0 Å². The number of benzene rings is 1. The molecule has 0 bridgehead atoms. The van der Waals surface area contributed by atoms with E-state index in [4.69, 9.17) is 11.6 Å². The van der Waals surface area contributed by atoms with Crippen LogP contribution in [0.1, 0.15) is 0 Å². The molecule has 0 aliphatic rings. The van der Waals surface area contributed by atoms with Gasteiger partial charge in [0, 0.05) is 18.0 Å². The molecule has 0 amide bonds. The van der Waals surface area contributed by atoms with E-state index >= 15 is 0 Å². The highest BCUT2D eigenvalue weighted by Gasteiger charge is 2.07. The monoisotopic (exact) mass is 246 g/mol. The Morgan fingerprint density at radius 1 is 1.06 bits per heavy atom. The molecule has 4 heteroatoms. The van der Waals surface area contributed by atoms with Crippen molar-refractivity contribution in [3.05, 3.63) is 59.6 Å². The minimum Gasteiger partial charge on any atom is -0.304 e. The highest BCUT2D eigenvalue weighted by molar-refractivity contribution is 6.33. The fourth-order valence-electron chi connectivity index (χ4n) is 1.76. The van der Waals surface area contributed by atoms with Crippen molar-refractivity contribution in [1.29, 1.82) is 0 Å². The Bertz CT molecular complexity index is 691. The van der Waals surface area contributed by atoms with Gasteiger partial charge in [0.25, 0.3) is 0 Å². The van der Waals surface area contributed by atoms with Gasteiger partial charge in [-0.15, -0.1) is 0 Å². The second-order valence-corrected chi connectivity index (χ2v) is 4.13. The molecular weight excluding hydrogens is 239 g/mol. The lowest BCUT2D eigenvalue weighted by molar-refractivity contribution is 0.619. The summed E-state index contributed by atoms with van der Waals surface area (Å²) in [6.07, 6.45) is 3.16. The maximum atomic E-state index is 13.1. The lowest BCUT2D eigenvalue weighted by Crippen LogP contribution is -1.83. The molecule has 0 aliphatic heterocycles. The van der Waals surface area contributed by atoms with Crippen LogP contribution in [0.4, 0.5) is 4.39 Å². The van der Waals surface area contributed by atoms with Gasteiger partial charge in [-0.3, -0.25) is 0 Å². The van der Waals surface area contributed by atoms with Gasteiger partial charge in [-0.25, -0.2) is 9.37 Å². The number of hydrogen-bond acceptors (Lipinski definition) is 1. The van der Waals surface area contributed by atoms with E-state index in [-0.39, 0.29) is 5.82 Å². The van der Waals surface area contributed by atoms with E-state index in [0.717, 1.165) is 11.3 Å². The van der Waals surface area contributed by atoms with Crippen LogP contribution in [0.3, 0.4) is 0 Å². The normalized spacial score (nSPS) is 10.9. The Morgan fingerprint density at radius 3 is 2.71 bits per heavy atom. The SMILES string of the molecule is Fc1ccc2nc(-c3ccccc3Cl)cn2c1. The molecule has 0 fully saturated rings. The van der Waals surface area contributed by atoms with Crippen molar-refractivity contribution >= 4 is 17.2 Å². The predicted octanol–water partition coefficient (Wildman–Crippen LogP) is 3.79. The van der Waals surface area contributed by atoms with Crippen LogP contribution in [0.15, 0.2) is 48.8 Å². The van der Waals surface area contributed by atoms with Gasteiger partial charge in [0.2, 0.25) is 0 Å². The van der Waals surface area contributed by atoms with Gasteiger partial charge in [0.05, 0.1) is 10.7 Å². The standard InChI is InChI=1S/C13H8ClFN2/c14-11-4-2-1-3-10(11)12-8-17-7-9(15)5-6-13(17)16-12/h1-8H. The third kappa shape index (κ3) is 1.78. The Morgan fingerprint density at radius 2 is 1.88 bits per heavy atom. The molecule has 0 N–H and O–H groups in total. The molecular formula is C13H8ClFN2. The first-order valence-electron chi connectivity index (χ1n) is 5.13. The average Bonchev–Trinajstić information content (AvgIpc) is 2.72. The Balaban J connectivity index is 2.22. The molecule has 17 heavy (non-hydrogen) atoms. The molecule has 2 heterocycles. The van der Waals surface area contributed by atoms with E-state index in [2.05, 4.69) is 4.98 Å². The zero-order valence-electron chi connectivity index (χ0n) is 8.77. The third-order valence-corrected chi connectivity index (χ3v) is 2.89. The summed E-state index contributed by atoms with van der Waals surface area (Å²) in [6, 6.07) is 10.5. The fraction of sp³-hybridized carbons (Fsp3) is 0. The van der Waals surface area contributed by atoms with Crippen molar-refractivity contribution in [2.45, 2.75) is 0 Å². The number of imidazole rings is 1. The molecule has 3 aromatic rings. The zero-order valence-corrected chi connectivity index (χ0v) is 9.53.